The van der Waals surface area contributed by atoms with E-state index in [1.807, 2.05) is 0 Å². The lowest BCUT2D eigenvalue weighted by molar-refractivity contribution is -0.432. The summed E-state index contributed by atoms with van der Waals surface area (Å²) in [5, 5.41) is 16.3. The lowest BCUT2D eigenvalue weighted by atomic mass is 10.1. The van der Waals surface area contributed by atoms with Gasteiger partial charge in [0.25, 0.3) is 0 Å². The summed E-state index contributed by atoms with van der Waals surface area (Å²) in [6.07, 6.45) is 5.23. The van der Waals surface area contributed by atoms with Crippen molar-refractivity contribution in [3.63, 3.8) is 0 Å². The van der Waals surface area contributed by atoms with Crippen LogP contribution in [0.4, 0.5) is 0 Å². The van der Waals surface area contributed by atoms with Crippen LogP contribution in [0.5, 0.6) is 0 Å². The molecule has 0 amide bonds. The van der Waals surface area contributed by atoms with Crippen molar-refractivity contribution in [2.45, 2.75) is 51.7 Å². The van der Waals surface area contributed by atoms with Crippen LogP contribution in [0.2, 0.25) is 0 Å². The standard InChI is InChI=1S/C8H18O4/c1-2-3-4-5-6-7-8(11-9)12-10/h8-10H,2-7H2,1H3. The van der Waals surface area contributed by atoms with Gasteiger partial charge in [0.1, 0.15) is 0 Å². The fourth-order valence-electron chi connectivity index (χ4n) is 1.04. The van der Waals surface area contributed by atoms with Crippen LogP contribution in [-0.2, 0) is 9.78 Å². The molecule has 0 saturated heterocycles. The molecule has 0 rings (SSSR count). The van der Waals surface area contributed by atoms with Crippen molar-refractivity contribution in [1.82, 2.24) is 0 Å². The predicted molar refractivity (Wildman–Crippen MR) is 44.6 cm³/mol. The van der Waals surface area contributed by atoms with Gasteiger partial charge in [0.15, 0.2) is 0 Å². The monoisotopic (exact) mass is 178 g/mol. The Bertz CT molecular complexity index is 83.1. The zero-order chi connectivity index (χ0) is 9.23. The largest absolute Gasteiger partial charge is 0.249 e. The maximum atomic E-state index is 8.14. The summed E-state index contributed by atoms with van der Waals surface area (Å²) in [6, 6.07) is 0. The van der Waals surface area contributed by atoms with Crippen LogP contribution in [0.15, 0.2) is 0 Å². The van der Waals surface area contributed by atoms with Gasteiger partial charge in [-0.05, 0) is 6.42 Å². The summed E-state index contributed by atoms with van der Waals surface area (Å²) in [5.41, 5.74) is 0. The molecule has 0 fully saturated rings. The van der Waals surface area contributed by atoms with Gasteiger partial charge >= 0.3 is 0 Å². The first-order valence-electron chi connectivity index (χ1n) is 4.45. The molecule has 0 aliphatic carbocycles. The summed E-state index contributed by atoms with van der Waals surface area (Å²) in [6.45, 7) is 2.15. The fraction of sp³-hybridized carbons (Fsp3) is 1.00. The third kappa shape index (κ3) is 6.54. The van der Waals surface area contributed by atoms with Gasteiger partial charge < -0.3 is 0 Å². The Balaban J connectivity index is 3.06. The molecule has 0 atom stereocenters. The Morgan fingerprint density at radius 3 is 2.08 bits per heavy atom. The van der Waals surface area contributed by atoms with Gasteiger partial charge in [0.2, 0.25) is 6.29 Å². The second-order valence-corrected chi connectivity index (χ2v) is 2.84. The van der Waals surface area contributed by atoms with E-state index in [-0.39, 0.29) is 0 Å². The molecule has 4 heteroatoms. The topological polar surface area (TPSA) is 58.9 Å². The highest BCUT2D eigenvalue weighted by Crippen LogP contribution is 2.08. The average molecular weight is 178 g/mol. The van der Waals surface area contributed by atoms with E-state index in [4.69, 9.17) is 10.5 Å². The normalized spacial score (nSPS) is 11.0. The molecule has 0 heterocycles. The Morgan fingerprint density at radius 2 is 1.58 bits per heavy atom. The Hall–Kier alpha value is -0.160. The van der Waals surface area contributed by atoms with Crippen LogP contribution < -0.4 is 0 Å². The number of hydrogen-bond donors (Lipinski definition) is 2. The molecule has 0 aliphatic heterocycles. The van der Waals surface area contributed by atoms with Gasteiger partial charge in [-0.15, -0.1) is 0 Å². The van der Waals surface area contributed by atoms with Crippen LogP contribution in [-0.4, -0.2) is 16.8 Å². The zero-order valence-electron chi connectivity index (χ0n) is 7.53. The highest BCUT2D eigenvalue weighted by Gasteiger charge is 2.07. The van der Waals surface area contributed by atoms with Crippen LogP contribution in [0, 0.1) is 0 Å². The van der Waals surface area contributed by atoms with E-state index in [1.165, 1.54) is 19.3 Å². The molecule has 0 aromatic rings. The fourth-order valence-corrected chi connectivity index (χ4v) is 1.04. The van der Waals surface area contributed by atoms with E-state index in [9.17, 15) is 0 Å². The van der Waals surface area contributed by atoms with Crippen LogP contribution in [0.25, 0.3) is 0 Å². The van der Waals surface area contributed by atoms with Gasteiger partial charge in [-0.2, -0.15) is 0 Å². The maximum Gasteiger partial charge on any atom is 0.223 e. The highest BCUT2D eigenvalue weighted by molar-refractivity contribution is 4.45. The molecule has 0 aromatic heterocycles. The molecule has 2 N–H and O–H groups in total. The van der Waals surface area contributed by atoms with Crippen LogP contribution in [0.3, 0.4) is 0 Å². The SMILES string of the molecule is CCCCCCCC(OO)OO. The molecule has 4 nitrogen and oxygen atoms in total. The molecular weight excluding hydrogens is 160 g/mol. The number of rotatable bonds is 8. The van der Waals surface area contributed by atoms with Crippen molar-refractivity contribution in [2.24, 2.45) is 0 Å². The van der Waals surface area contributed by atoms with Crippen LogP contribution in [0.1, 0.15) is 45.4 Å². The van der Waals surface area contributed by atoms with E-state index in [0.717, 1.165) is 12.8 Å². The summed E-state index contributed by atoms with van der Waals surface area (Å²) in [4.78, 5) is 7.67. The second kappa shape index (κ2) is 8.93. The van der Waals surface area contributed by atoms with Crippen molar-refractivity contribution in [3.8, 4) is 0 Å². The Kier molecular flexibility index (Phi) is 8.81. The lowest BCUT2D eigenvalue weighted by Crippen LogP contribution is -2.12. The minimum Gasteiger partial charge on any atom is -0.249 e. The van der Waals surface area contributed by atoms with E-state index in [1.54, 1.807) is 0 Å². The third-order valence-electron chi connectivity index (χ3n) is 1.78. The van der Waals surface area contributed by atoms with E-state index < -0.39 is 6.29 Å². The first kappa shape index (κ1) is 11.8. The molecule has 0 aromatic carbocycles. The molecule has 0 unspecified atom stereocenters. The van der Waals surface area contributed by atoms with Gasteiger partial charge in [-0.3, -0.25) is 0 Å². The van der Waals surface area contributed by atoms with Gasteiger partial charge in [0, 0.05) is 6.42 Å². The minimum atomic E-state index is -0.883. The quantitative estimate of drug-likeness (QED) is 0.259. The predicted octanol–water partition coefficient (Wildman–Crippen LogP) is 2.65. The summed E-state index contributed by atoms with van der Waals surface area (Å²) >= 11 is 0. The molecule has 0 saturated carbocycles. The van der Waals surface area contributed by atoms with Crippen molar-refractivity contribution in [1.29, 1.82) is 0 Å². The minimum absolute atomic E-state index is 0.525. The van der Waals surface area contributed by atoms with E-state index >= 15 is 0 Å². The molecule has 0 bridgehead atoms. The smallest absolute Gasteiger partial charge is 0.223 e. The van der Waals surface area contributed by atoms with Gasteiger partial charge in [-0.25, -0.2) is 20.3 Å². The highest BCUT2D eigenvalue weighted by atomic mass is 17.2. The maximum absolute atomic E-state index is 8.14. The molecule has 12 heavy (non-hydrogen) atoms. The Morgan fingerprint density at radius 1 is 1.00 bits per heavy atom. The van der Waals surface area contributed by atoms with Crippen molar-refractivity contribution >= 4 is 0 Å². The Labute approximate surface area is 73.0 Å². The molecule has 74 valence electrons. The summed E-state index contributed by atoms with van der Waals surface area (Å²) in [7, 11) is 0. The van der Waals surface area contributed by atoms with Crippen LogP contribution >= 0.6 is 0 Å². The second-order valence-electron chi connectivity index (χ2n) is 2.84. The first-order valence-corrected chi connectivity index (χ1v) is 4.45. The molecule has 0 aliphatic rings. The third-order valence-corrected chi connectivity index (χ3v) is 1.78. The van der Waals surface area contributed by atoms with E-state index in [0.29, 0.717) is 6.42 Å². The van der Waals surface area contributed by atoms with E-state index in [2.05, 4.69) is 16.7 Å². The molecular formula is C8H18O4. The number of hydrogen-bond acceptors (Lipinski definition) is 4. The van der Waals surface area contributed by atoms with Crippen molar-refractivity contribution in [2.75, 3.05) is 0 Å². The molecule has 0 spiro atoms. The lowest BCUT2D eigenvalue weighted by Gasteiger charge is -2.08. The van der Waals surface area contributed by atoms with Gasteiger partial charge in [-0.1, -0.05) is 32.6 Å². The van der Waals surface area contributed by atoms with Crippen molar-refractivity contribution in [3.05, 3.63) is 0 Å². The van der Waals surface area contributed by atoms with Gasteiger partial charge in [0.05, 0.1) is 0 Å². The molecule has 0 radical (unpaired) electrons. The zero-order valence-corrected chi connectivity index (χ0v) is 7.53. The number of unbranched alkanes of at least 4 members (excludes halogenated alkanes) is 4. The van der Waals surface area contributed by atoms with Crippen molar-refractivity contribution < 1.29 is 20.3 Å². The summed E-state index contributed by atoms with van der Waals surface area (Å²) in [5.74, 6) is 0. The summed E-state index contributed by atoms with van der Waals surface area (Å²) < 4.78 is 0. The average Bonchev–Trinajstić information content (AvgIpc) is 2.11. The first-order chi connectivity index (χ1) is 5.85.